The van der Waals surface area contributed by atoms with E-state index in [9.17, 15) is 0 Å². The third-order valence-electron chi connectivity index (χ3n) is 3.16. The number of nitrogens with zero attached hydrogens (tertiary/aromatic N) is 2. The average Bonchev–Trinajstić information content (AvgIpc) is 2.39. The topological polar surface area (TPSA) is 17.8 Å². The van der Waals surface area contributed by atoms with Crippen molar-refractivity contribution in [3.8, 4) is 0 Å². The first-order valence-electron chi connectivity index (χ1n) is 6.87. The van der Waals surface area contributed by atoms with Gasteiger partial charge in [-0.3, -0.25) is 0 Å². The molecule has 1 aromatic heterocycles. The van der Waals surface area contributed by atoms with Crippen molar-refractivity contribution in [1.82, 2.24) is 9.55 Å². The quantitative estimate of drug-likeness (QED) is 0.661. The zero-order valence-corrected chi connectivity index (χ0v) is 13.9. The van der Waals surface area contributed by atoms with Crippen molar-refractivity contribution in [1.29, 1.82) is 0 Å². The van der Waals surface area contributed by atoms with Crippen LogP contribution < -0.4 is 0 Å². The molecule has 2 nitrogen and oxygen atoms in total. The van der Waals surface area contributed by atoms with Gasteiger partial charge in [0, 0.05) is 22.1 Å². The lowest BCUT2D eigenvalue weighted by atomic mass is 9.90. The lowest BCUT2D eigenvalue weighted by Crippen LogP contribution is -2.30. The Morgan fingerprint density at radius 3 is 1.44 bits per heavy atom. The lowest BCUT2D eigenvalue weighted by molar-refractivity contribution is 0.347. The maximum absolute atomic E-state index is 4.98. The van der Waals surface area contributed by atoms with Gasteiger partial charge in [0.05, 0.1) is 5.69 Å². The van der Waals surface area contributed by atoms with Gasteiger partial charge in [0.25, 0.3) is 0 Å². The van der Waals surface area contributed by atoms with Gasteiger partial charge < -0.3 is 4.57 Å². The Morgan fingerprint density at radius 2 is 1.22 bits per heavy atom. The Hall–Kier alpha value is -0.790. The first-order chi connectivity index (χ1) is 7.76. The Bertz CT molecular complexity index is 431. The van der Waals surface area contributed by atoms with Crippen LogP contribution in [-0.4, -0.2) is 9.55 Å². The van der Waals surface area contributed by atoms with Gasteiger partial charge in [0.1, 0.15) is 5.82 Å². The van der Waals surface area contributed by atoms with Crippen molar-refractivity contribution in [3.63, 3.8) is 0 Å². The summed E-state index contributed by atoms with van der Waals surface area (Å²) in [5.74, 6) is 1.19. The lowest BCUT2D eigenvalue weighted by Gasteiger charge is -2.30. The summed E-state index contributed by atoms with van der Waals surface area (Å²) in [6, 6.07) is 0. The highest BCUT2D eigenvalue weighted by molar-refractivity contribution is 5.27. The van der Waals surface area contributed by atoms with Crippen LogP contribution in [0.2, 0.25) is 0 Å². The molecule has 0 saturated heterocycles. The van der Waals surface area contributed by atoms with E-state index < -0.39 is 0 Å². The maximum atomic E-state index is 4.98. The minimum atomic E-state index is 0.0710. The number of aromatic nitrogens is 2. The molecule has 2 heteroatoms. The Labute approximate surface area is 113 Å². The number of hydrogen-bond donors (Lipinski definition) is 0. The van der Waals surface area contributed by atoms with Gasteiger partial charge in [0.2, 0.25) is 0 Å². The number of imidazole rings is 1. The molecule has 0 aliphatic rings. The summed E-state index contributed by atoms with van der Waals surface area (Å²) in [6.07, 6.45) is 0. The van der Waals surface area contributed by atoms with Crippen LogP contribution >= 0.6 is 0 Å². The molecule has 0 unspecified atom stereocenters. The second kappa shape index (κ2) is 4.11. The summed E-state index contributed by atoms with van der Waals surface area (Å²) in [4.78, 5) is 4.98. The van der Waals surface area contributed by atoms with Gasteiger partial charge in [-0.2, -0.15) is 0 Å². The van der Waals surface area contributed by atoms with Crippen LogP contribution in [0.25, 0.3) is 0 Å². The molecule has 0 aliphatic carbocycles. The Kier molecular flexibility index (Phi) is 3.49. The van der Waals surface area contributed by atoms with Gasteiger partial charge in [-0.05, 0) is 27.7 Å². The molecule has 1 heterocycles. The second-order valence-corrected chi connectivity index (χ2v) is 8.38. The number of hydrogen-bond acceptors (Lipinski definition) is 1. The standard InChI is InChI=1S/C16H30N2/c1-11-12(14(2,3)4)17-13(15(5,6)7)18(11)16(8,9)10/h1-10H3. The van der Waals surface area contributed by atoms with E-state index in [1.54, 1.807) is 0 Å². The van der Waals surface area contributed by atoms with E-state index in [2.05, 4.69) is 73.8 Å². The highest BCUT2D eigenvalue weighted by Crippen LogP contribution is 2.34. The first-order valence-corrected chi connectivity index (χ1v) is 6.87. The minimum absolute atomic E-state index is 0.0710. The second-order valence-electron chi connectivity index (χ2n) is 8.38. The van der Waals surface area contributed by atoms with Gasteiger partial charge in [0.15, 0.2) is 0 Å². The fourth-order valence-electron chi connectivity index (χ4n) is 2.54. The SMILES string of the molecule is Cc1c(C(C)(C)C)nc(C(C)(C)C)n1C(C)(C)C. The number of rotatable bonds is 0. The molecule has 0 N–H and O–H groups in total. The van der Waals surface area contributed by atoms with E-state index in [0.29, 0.717) is 0 Å². The summed E-state index contributed by atoms with van der Waals surface area (Å²) in [5, 5.41) is 0. The summed E-state index contributed by atoms with van der Waals surface area (Å²) in [5.41, 5.74) is 2.77. The van der Waals surface area contributed by atoms with Gasteiger partial charge in [-0.15, -0.1) is 0 Å². The summed E-state index contributed by atoms with van der Waals surface area (Å²) < 4.78 is 2.41. The third kappa shape index (κ3) is 2.78. The van der Waals surface area contributed by atoms with E-state index in [-0.39, 0.29) is 16.4 Å². The Balaban J connectivity index is 3.63. The fraction of sp³-hybridized carbons (Fsp3) is 0.812. The largest absolute Gasteiger partial charge is 0.326 e. The molecule has 0 spiro atoms. The van der Waals surface area contributed by atoms with Crippen LogP contribution in [0.3, 0.4) is 0 Å². The van der Waals surface area contributed by atoms with Crippen LogP contribution in [-0.2, 0) is 16.4 Å². The normalized spacial score (nSPS) is 14.1. The Morgan fingerprint density at radius 1 is 0.778 bits per heavy atom. The van der Waals surface area contributed by atoms with E-state index in [4.69, 9.17) is 4.98 Å². The predicted octanol–water partition coefficient (Wildman–Crippen LogP) is 4.54. The third-order valence-corrected chi connectivity index (χ3v) is 3.16. The molecule has 0 atom stereocenters. The molecule has 0 radical (unpaired) electrons. The molecular weight excluding hydrogens is 220 g/mol. The van der Waals surface area contributed by atoms with Crippen molar-refractivity contribution in [3.05, 3.63) is 17.2 Å². The van der Waals surface area contributed by atoms with Crippen LogP contribution in [0, 0.1) is 6.92 Å². The van der Waals surface area contributed by atoms with Crippen LogP contribution in [0.5, 0.6) is 0 Å². The molecule has 0 saturated carbocycles. The summed E-state index contributed by atoms with van der Waals surface area (Å²) >= 11 is 0. The average molecular weight is 250 g/mol. The molecule has 0 amide bonds. The molecule has 1 rings (SSSR count). The molecule has 0 aliphatic heterocycles. The van der Waals surface area contributed by atoms with Gasteiger partial charge >= 0.3 is 0 Å². The first kappa shape index (κ1) is 15.3. The smallest absolute Gasteiger partial charge is 0.115 e. The fourth-order valence-corrected chi connectivity index (χ4v) is 2.54. The van der Waals surface area contributed by atoms with Crippen LogP contribution in [0.4, 0.5) is 0 Å². The molecule has 0 fully saturated rings. The van der Waals surface area contributed by atoms with Crippen molar-refractivity contribution in [2.75, 3.05) is 0 Å². The highest BCUT2D eigenvalue weighted by Gasteiger charge is 2.32. The van der Waals surface area contributed by atoms with E-state index in [1.165, 1.54) is 17.2 Å². The molecule has 18 heavy (non-hydrogen) atoms. The monoisotopic (exact) mass is 250 g/mol. The minimum Gasteiger partial charge on any atom is -0.326 e. The maximum Gasteiger partial charge on any atom is 0.115 e. The van der Waals surface area contributed by atoms with Crippen LogP contribution in [0.1, 0.15) is 79.5 Å². The molecule has 0 aromatic carbocycles. The van der Waals surface area contributed by atoms with Crippen LogP contribution in [0.15, 0.2) is 0 Å². The zero-order valence-electron chi connectivity index (χ0n) is 13.9. The van der Waals surface area contributed by atoms with E-state index >= 15 is 0 Å². The molecular formula is C16H30N2. The zero-order chi connectivity index (χ0) is 14.5. The van der Waals surface area contributed by atoms with Crippen molar-refractivity contribution < 1.29 is 0 Å². The summed E-state index contributed by atoms with van der Waals surface area (Å²) in [6.45, 7) is 22.4. The predicted molar refractivity (Wildman–Crippen MR) is 79.4 cm³/mol. The van der Waals surface area contributed by atoms with E-state index in [1.807, 2.05) is 0 Å². The van der Waals surface area contributed by atoms with Crippen molar-refractivity contribution in [2.24, 2.45) is 0 Å². The van der Waals surface area contributed by atoms with Gasteiger partial charge in [-0.25, -0.2) is 4.98 Å². The highest BCUT2D eigenvalue weighted by atomic mass is 15.2. The molecule has 104 valence electrons. The molecule has 0 bridgehead atoms. The summed E-state index contributed by atoms with van der Waals surface area (Å²) in [7, 11) is 0. The van der Waals surface area contributed by atoms with Crippen molar-refractivity contribution >= 4 is 0 Å². The van der Waals surface area contributed by atoms with E-state index in [0.717, 1.165) is 0 Å². The van der Waals surface area contributed by atoms with Gasteiger partial charge in [-0.1, -0.05) is 41.5 Å². The van der Waals surface area contributed by atoms with Crippen molar-refractivity contribution in [2.45, 2.75) is 85.6 Å². The molecule has 1 aromatic rings.